The van der Waals surface area contributed by atoms with Crippen molar-refractivity contribution >= 4 is 23.2 Å². The van der Waals surface area contributed by atoms with Crippen LogP contribution in [0.25, 0.3) is 5.57 Å². The molecule has 5 heteroatoms. The van der Waals surface area contributed by atoms with Crippen LogP contribution in [0.2, 0.25) is 0 Å². The molecule has 3 aromatic carbocycles. The fourth-order valence-electron chi connectivity index (χ4n) is 3.68. The van der Waals surface area contributed by atoms with Gasteiger partial charge in [0.1, 0.15) is 5.82 Å². The Kier molecular flexibility index (Phi) is 5.41. The van der Waals surface area contributed by atoms with E-state index in [0.717, 1.165) is 10.5 Å². The molecular formula is C24H20FNO2S. The Balaban J connectivity index is 1.79. The summed E-state index contributed by atoms with van der Waals surface area (Å²) in [6.45, 7) is 0.271. The normalized spacial score (nSPS) is 16.6. The van der Waals surface area contributed by atoms with Crippen molar-refractivity contribution in [3.63, 3.8) is 0 Å². The van der Waals surface area contributed by atoms with Crippen LogP contribution in [0, 0.1) is 5.82 Å². The summed E-state index contributed by atoms with van der Waals surface area (Å²) in [5.74, 6) is -1.23. The molecule has 1 N–H and O–H groups in total. The Hall–Kier alpha value is -3.05. The summed E-state index contributed by atoms with van der Waals surface area (Å²) in [6.07, 6.45) is 2.00. The first-order valence-electron chi connectivity index (χ1n) is 9.27. The van der Waals surface area contributed by atoms with E-state index in [0.29, 0.717) is 16.7 Å². The number of thioether (sulfide) groups is 1. The SMILES string of the molecule is CSc1ccc(CN2C(=O)C(O)=C(c3ccccc3)C2c2ccccc2F)cc1. The topological polar surface area (TPSA) is 40.5 Å². The van der Waals surface area contributed by atoms with Gasteiger partial charge in [0.2, 0.25) is 0 Å². The molecule has 1 aliphatic heterocycles. The number of hydrogen-bond donors (Lipinski definition) is 1. The number of amides is 1. The Bertz CT molecular complexity index is 1060. The molecule has 3 nitrogen and oxygen atoms in total. The quantitative estimate of drug-likeness (QED) is 0.562. The number of aliphatic hydroxyl groups excluding tert-OH is 1. The van der Waals surface area contributed by atoms with Gasteiger partial charge in [-0.25, -0.2) is 4.39 Å². The second-order valence-corrected chi connectivity index (χ2v) is 7.71. The standard InChI is InChI=1S/C24H20FNO2S/c1-29-18-13-11-16(12-14-18)15-26-22(19-9-5-6-10-20(19)25)21(23(27)24(26)28)17-7-3-2-4-8-17/h2-14,22,27H,15H2,1H3. The van der Waals surface area contributed by atoms with Gasteiger partial charge in [0, 0.05) is 22.6 Å². The molecule has 0 spiro atoms. The number of benzene rings is 3. The number of halogens is 1. The number of rotatable bonds is 5. The summed E-state index contributed by atoms with van der Waals surface area (Å²) >= 11 is 1.64. The minimum absolute atomic E-state index is 0.271. The first kappa shape index (κ1) is 19.3. The van der Waals surface area contributed by atoms with Gasteiger partial charge in [-0.15, -0.1) is 11.8 Å². The number of aliphatic hydroxyl groups is 1. The van der Waals surface area contributed by atoms with Crippen molar-refractivity contribution in [1.82, 2.24) is 4.90 Å². The Morgan fingerprint density at radius 1 is 0.966 bits per heavy atom. The average Bonchev–Trinajstić information content (AvgIpc) is 3.00. The number of carbonyl (C=O) groups excluding carboxylic acids is 1. The minimum Gasteiger partial charge on any atom is -0.503 e. The predicted octanol–water partition coefficient (Wildman–Crippen LogP) is 5.60. The van der Waals surface area contributed by atoms with E-state index in [1.165, 1.54) is 11.0 Å². The highest BCUT2D eigenvalue weighted by atomic mass is 32.2. The molecule has 0 saturated carbocycles. The summed E-state index contributed by atoms with van der Waals surface area (Å²) in [7, 11) is 0. The van der Waals surface area contributed by atoms with Gasteiger partial charge in [0.15, 0.2) is 5.76 Å². The van der Waals surface area contributed by atoms with Crippen molar-refractivity contribution in [3.05, 3.63) is 107 Å². The molecule has 3 aromatic rings. The molecule has 1 unspecified atom stereocenters. The summed E-state index contributed by atoms with van der Waals surface area (Å²) in [5.41, 5.74) is 2.41. The first-order chi connectivity index (χ1) is 14.1. The summed E-state index contributed by atoms with van der Waals surface area (Å²) in [5, 5.41) is 10.7. The van der Waals surface area contributed by atoms with Crippen LogP contribution in [0.15, 0.2) is 89.5 Å². The third kappa shape index (κ3) is 3.66. The van der Waals surface area contributed by atoms with Crippen LogP contribution in [0.4, 0.5) is 4.39 Å². The molecule has 0 aromatic heterocycles. The van der Waals surface area contributed by atoms with Crippen LogP contribution in [0.5, 0.6) is 0 Å². The van der Waals surface area contributed by atoms with Gasteiger partial charge in [0.25, 0.3) is 5.91 Å². The van der Waals surface area contributed by atoms with Crippen LogP contribution < -0.4 is 0 Å². The maximum atomic E-state index is 14.8. The van der Waals surface area contributed by atoms with Gasteiger partial charge in [-0.1, -0.05) is 60.7 Å². The lowest BCUT2D eigenvalue weighted by atomic mass is 9.93. The van der Waals surface area contributed by atoms with Crippen molar-refractivity contribution in [1.29, 1.82) is 0 Å². The van der Waals surface area contributed by atoms with E-state index < -0.39 is 17.8 Å². The smallest absolute Gasteiger partial charge is 0.290 e. The van der Waals surface area contributed by atoms with E-state index in [1.54, 1.807) is 30.0 Å². The Morgan fingerprint density at radius 2 is 1.62 bits per heavy atom. The monoisotopic (exact) mass is 405 g/mol. The van der Waals surface area contributed by atoms with E-state index >= 15 is 0 Å². The van der Waals surface area contributed by atoms with Crippen molar-refractivity contribution in [2.45, 2.75) is 17.5 Å². The lowest BCUT2D eigenvalue weighted by Crippen LogP contribution is -2.30. The molecule has 29 heavy (non-hydrogen) atoms. The second-order valence-electron chi connectivity index (χ2n) is 6.83. The van der Waals surface area contributed by atoms with Gasteiger partial charge in [-0.3, -0.25) is 4.79 Å². The van der Waals surface area contributed by atoms with Gasteiger partial charge in [0.05, 0.1) is 6.04 Å². The van der Waals surface area contributed by atoms with E-state index in [2.05, 4.69) is 0 Å². The summed E-state index contributed by atoms with van der Waals surface area (Å²) in [6, 6.07) is 22.8. The predicted molar refractivity (Wildman–Crippen MR) is 114 cm³/mol. The zero-order valence-electron chi connectivity index (χ0n) is 15.9. The average molecular weight is 405 g/mol. The second kappa shape index (κ2) is 8.13. The van der Waals surface area contributed by atoms with Gasteiger partial charge < -0.3 is 10.0 Å². The van der Waals surface area contributed by atoms with E-state index in [1.807, 2.05) is 60.9 Å². The van der Waals surface area contributed by atoms with Crippen molar-refractivity contribution in [2.24, 2.45) is 0 Å². The fourth-order valence-corrected chi connectivity index (χ4v) is 4.09. The number of nitrogens with zero attached hydrogens (tertiary/aromatic N) is 1. The van der Waals surface area contributed by atoms with Crippen LogP contribution in [0.1, 0.15) is 22.7 Å². The molecule has 1 atom stereocenters. The largest absolute Gasteiger partial charge is 0.503 e. The lowest BCUT2D eigenvalue weighted by molar-refractivity contribution is -0.130. The molecule has 146 valence electrons. The highest BCUT2D eigenvalue weighted by Crippen LogP contribution is 2.44. The number of hydrogen-bond acceptors (Lipinski definition) is 3. The zero-order valence-corrected chi connectivity index (χ0v) is 16.7. The van der Waals surface area contributed by atoms with Crippen molar-refractivity contribution in [2.75, 3.05) is 6.26 Å². The van der Waals surface area contributed by atoms with Crippen LogP contribution in [-0.2, 0) is 11.3 Å². The fraction of sp³-hybridized carbons (Fsp3) is 0.125. The highest BCUT2D eigenvalue weighted by molar-refractivity contribution is 7.98. The maximum absolute atomic E-state index is 14.8. The molecule has 4 rings (SSSR count). The third-order valence-corrected chi connectivity index (χ3v) is 5.84. The van der Waals surface area contributed by atoms with E-state index in [-0.39, 0.29) is 12.3 Å². The molecule has 1 aliphatic rings. The van der Waals surface area contributed by atoms with Gasteiger partial charge in [-0.2, -0.15) is 0 Å². The molecule has 0 fully saturated rings. The molecule has 0 saturated heterocycles. The van der Waals surface area contributed by atoms with E-state index in [4.69, 9.17) is 0 Å². The van der Waals surface area contributed by atoms with Crippen molar-refractivity contribution < 1.29 is 14.3 Å². The Labute approximate surface area is 173 Å². The lowest BCUT2D eigenvalue weighted by Gasteiger charge is -2.28. The van der Waals surface area contributed by atoms with Crippen LogP contribution in [-0.4, -0.2) is 22.2 Å². The summed E-state index contributed by atoms with van der Waals surface area (Å²) < 4.78 is 14.8. The molecule has 1 heterocycles. The minimum atomic E-state index is -0.702. The zero-order chi connectivity index (χ0) is 20.4. The van der Waals surface area contributed by atoms with Crippen LogP contribution in [0.3, 0.4) is 0 Å². The van der Waals surface area contributed by atoms with Crippen molar-refractivity contribution in [3.8, 4) is 0 Å². The molecule has 0 radical (unpaired) electrons. The third-order valence-electron chi connectivity index (χ3n) is 5.10. The summed E-state index contributed by atoms with van der Waals surface area (Å²) in [4.78, 5) is 15.7. The Morgan fingerprint density at radius 3 is 2.28 bits per heavy atom. The number of carbonyl (C=O) groups is 1. The van der Waals surface area contributed by atoms with E-state index in [9.17, 15) is 14.3 Å². The molecule has 1 amide bonds. The molecular weight excluding hydrogens is 385 g/mol. The highest BCUT2D eigenvalue weighted by Gasteiger charge is 2.41. The van der Waals surface area contributed by atoms with Gasteiger partial charge >= 0.3 is 0 Å². The van der Waals surface area contributed by atoms with Crippen LogP contribution >= 0.6 is 11.8 Å². The van der Waals surface area contributed by atoms with Gasteiger partial charge in [-0.05, 0) is 35.6 Å². The first-order valence-corrected chi connectivity index (χ1v) is 10.5. The maximum Gasteiger partial charge on any atom is 0.290 e. The molecule has 0 bridgehead atoms. The molecule has 0 aliphatic carbocycles.